The summed E-state index contributed by atoms with van der Waals surface area (Å²) in [5.74, 6) is 3.10. The predicted molar refractivity (Wildman–Crippen MR) is 85.8 cm³/mol. The van der Waals surface area contributed by atoms with Gasteiger partial charge < -0.3 is 9.64 Å². The van der Waals surface area contributed by atoms with Crippen molar-refractivity contribution in [1.29, 1.82) is 0 Å². The monoisotopic (exact) mass is 285 g/mol. The number of para-hydroxylation sites is 2. The summed E-state index contributed by atoms with van der Waals surface area (Å²) in [6.07, 6.45) is 0. The molecule has 20 heavy (non-hydrogen) atoms. The summed E-state index contributed by atoms with van der Waals surface area (Å²) in [6, 6.07) is 16.7. The van der Waals surface area contributed by atoms with Crippen LogP contribution in [-0.2, 0) is 0 Å². The number of hydrogen-bond acceptors (Lipinski definition) is 3. The van der Waals surface area contributed by atoms with Crippen molar-refractivity contribution in [2.45, 2.75) is 5.25 Å². The minimum absolute atomic E-state index is 0.371. The van der Waals surface area contributed by atoms with Gasteiger partial charge in [-0.25, -0.2) is 0 Å². The zero-order chi connectivity index (χ0) is 13.9. The summed E-state index contributed by atoms with van der Waals surface area (Å²) in [5, 5.41) is 0.371. The number of nitrogens with zero attached hydrogens (tertiary/aromatic N) is 1. The van der Waals surface area contributed by atoms with Gasteiger partial charge in [0.25, 0.3) is 0 Å². The van der Waals surface area contributed by atoms with Gasteiger partial charge in [0.2, 0.25) is 0 Å². The third kappa shape index (κ3) is 2.69. The van der Waals surface area contributed by atoms with Crippen LogP contribution in [0.4, 0.5) is 0 Å². The average Bonchev–Trinajstić information content (AvgIpc) is 2.46. The summed E-state index contributed by atoms with van der Waals surface area (Å²) < 4.78 is 6.01. The highest BCUT2D eigenvalue weighted by Gasteiger charge is 2.26. The van der Waals surface area contributed by atoms with E-state index in [1.165, 1.54) is 11.1 Å². The second-order valence-electron chi connectivity index (χ2n) is 5.23. The first-order valence-corrected chi connectivity index (χ1v) is 7.92. The van der Waals surface area contributed by atoms with Gasteiger partial charge in [0.05, 0.1) is 5.25 Å². The van der Waals surface area contributed by atoms with Gasteiger partial charge in [-0.3, -0.25) is 0 Å². The van der Waals surface area contributed by atoms with Crippen molar-refractivity contribution in [2.75, 3.05) is 26.4 Å². The molecule has 0 unspecified atom stereocenters. The largest absolute Gasteiger partial charge is 0.457 e. The Morgan fingerprint density at radius 2 is 1.50 bits per heavy atom. The first-order chi connectivity index (χ1) is 9.75. The molecule has 0 fully saturated rings. The normalized spacial score (nSPS) is 13.8. The summed E-state index contributed by atoms with van der Waals surface area (Å²) in [6.45, 7) is 1.09. The van der Waals surface area contributed by atoms with Crippen LogP contribution in [0.25, 0.3) is 0 Å². The fourth-order valence-corrected chi connectivity index (χ4v) is 3.85. The Kier molecular flexibility index (Phi) is 3.99. The maximum absolute atomic E-state index is 6.01. The molecule has 1 aliphatic heterocycles. The van der Waals surface area contributed by atoms with Crippen molar-refractivity contribution in [1.82, 2.24) is 4.90 Å². The van der Waals surface area contributed by atoms with E-state index in [4.69, 9.17) is 4.74 Å². The number of benzene rings is 2. The Labute approximate surface area is 124 Å². The molecule has 3 heteroatoms. The smallest absolute Gasteiger partial charge is 0.132 e. The van der Waals surface area contributed by atoms with Crippen molar-refractivity contribution < 1.29 is 4.74 Å². The van der Waals surface area contributed by atoms with E-state index in [2.05, 4.69) is 55.4 Å². The Hall–Kier alpha value is -1.45. The minimum Gasteiger partial charge on any atom is -0.457 e. The number of ether oxygens (including phenoxy) is 1. The summed E-state index contributed by atoms with van der Waals surface area (Å²) in [7, 11) is 4.23. The molecule has 0 amide bonds. The Morgan fingerprint density at radius 3 is 2.05 bits per heavy atom. The first kappa shape index (κ1) is 13.5. The summed E-state index contributed by atoms with van der Waals surface area (Å²) in [4.78, 5) is 2.23. The molecule has 0 bridgehead atoms. The fourth-order valence-electron chi connectivity index (χ4n) is 2.40. The molecule has 0 atom stereocenters. The van der Waals surface area contributed by atoms with Crippen LogP contribution < -0.4 is 4.74 Å². The SMILES string of the molecule is CN(C)CCSC1c2ccccc2Oc2ccccc21. The van der Waals surface area contributed by atoms with E-state index in [0.29, 0.717) is 5.25 Å². The molecule has 1 aliphatic rings. The van der Waals surface area contributed by atoms with Crippen molar-refractivity contribution >= 4 is 11.8 Å². The van der Waals surface area contributed by atoms with Crippen molar-refractivity contribution in [3.63, 3.8) is 0 Å². The predicted octanol–water partition coefficient (Wildman–Crippen LogP) is 4.18. The van der Waals surface area contributed by atoms with Crippen LogP contribution in [0, 0.1) is 0 Å². The van der Waals surface area contributed by atoms with Crippen LogP contribution in [0.1, 0.15) is 16.4 Å². The molecule has 0 N–H and O–H groups in total. The lowest BCUT2D eigenvalue weighted by Crippen LogP contribution is -2.16. The number of hydrogen-bond donors (Lipinski definition) is 0. The summed E-state index contributed by atoms with van der Waals surface area (Å²) >= 11 is 1.99. The summed E-state index contributed by atoms with van der Waals surface area (Å²) in [5.41, 5.74) is 2.57. The number of thioether (sulfide) groups is 1. The van der Waals surface area contributed by atoms with Crippen LogP contribution in [0.5, 0.6) is 11.5 Å². The van der Waals surface area contributed by atoms with E-state index in [0.717, 1.165) is 23.8 Å². The van der Waals surface area contributed by atoms with Gasteiger partial charge in [0, 0.05) is 23.4 Å². The quantitative estimate of drug-likeness (QED) is 0.836. The molecule has 0 spiro atoms. The van der Waals surface area contributed by atoms with Gasteiger partial charge in [-0.05, 0) is 26.2 Å². The van der Waals surface area contributed by atoms with E-state index >= 15 is 0 Å². The van der Waals surface area contributed by atoms with E-state index in [1.54, 1.807) is 0 Å². The molecule has 0 radical (unpaired) electrons. The topological polar surface area (TPSA) is 12.5 Å². The van der Waals surface area contributed by atoms with Crippen molar-refractivity contribution in [3.05, 3.63) is 59.7 Å². The van der Waals surface area contributed by atoms with Crippen molar-refractivity contribution in [2.24, 2.45) is 0 Å². The molecule has 2 nitrogen and oxygen atoms in total. The highest BCUT2D eigenvalue weighted by Crippen LogP contribution is 2.48. The van der Waals surface area contributed by atoms with Crippen LogP contribution in [-0.4, -0.2) is 31.3 Å². The maximum Gasteiger partial charge on any atom is 0.132 e. The van der Waals surface area contributed by atoms with Crippen LogP contribution in [0.2, 0.25) is 0 Å². The molecule has 1 heterocycles. The lowest BCUT2D eigenvalue weighted by atomic mass is 10.00. The van der Waals surface area contributed by atoms with Gasteiger partial charge >= 0.3 is 0 Å². The van der Waals surface area contributed by atoms with Gasteiger partial charge in [0.1, 0.15) is 11.5 Å². The van der Waals surface area contributed by atoms with Gasteiger partial charge in [0.15, 0.2) is 0 Å². The highest BCUT2D eigenvalue weighted by molar-refractivity contribution is 7.99. The third-order valence-electron chi connectivity index (χ3n) is 3.45. The Morgan fingerprint density at radius 1 is 0.950 bits per heavy atom. The van der Waals surface area contributed by atoms with Crippen LogP contribution in [0.3, 0.4) is 0 Å². The zero-order valence-corrected chi connectivity index (χ0v) is 12.7. The molecule has 104 valence electrons. The first-order valence-electron chi connectivity index (χ1n) is 6.88. The van der Waals surface area contributed by atoms with Crippen molar-refractivity contribution in [3.8, 4) is 11.5 Å². The Bertz CT molecular complexity index is 552. The van der Waals surface area contributed by atoms with E-state index in [1.807, 2.05) is 23.9 Å². The maximum atomic E-state index is 6.01. The van der Waals surface area contributed by atoms with Gasteiger partial charge in [-0.2, -0.15) is 0 Å². The third-order valence-corrected chi connectivity index (χ3v) is 4.71. The lowest BCUT2D eigenvalue weighted by Gasteiger charge is -2.28. The molecule has 0 aromatic heterocycles. The molecule has 3 rings (SSSR count). The number of rotatable bonds is 4. The van der Waals surface area contributed by atoms with E-state index in [9.17, 15) is 0 Å². The second-order valence-corrected chi connectivity index (χ2v) is 6.44. The number of fused-ring (bicyclic) bond motifs is 2. The van der Waals surface area contributed by atoms with Gasteiger partial charge in [-0.15, -0.1) is 11.8 Å². The zero-order valence-electron chi connectivity index (χ0n) is 11.9. The molecule has 2 aromatic carbocycles. The fraction of sp³-hybridized carbons (Fsp3) is 0.294. The van der Waals surface area contributed by atoms with E-state index in [-0.39, 0.29) is 0 Å². The second kappa shape index (κ2) is 5.90. The highest BCUT2D eigenvalue weighted by atomic mass is 32.2. The van der Waals surface area contributed by atoms with Crippen LogP contribution in [0.15, 0.2) is 48.5 Å². The standard InChI is InChI=1S/C17H19NOS/c1-18(2)11-12-20-17-13-7-3-5-9-15(13)19-16-10-6-4-8-14(16)17/h3-10,17H,11-12H2,1-2H3. The average molecular weight is 285 g/mol. The minimum atomic E-state index is 0.371. The van der Waals surface area contributed by atoms with E-state index < -0.39 is 0 Å². The molecular formula is C17H19NOS. The molecule has 0 saturated carbocycles. The molecule has 2 aromatic rings. The Balaban J connectivity index is 1.91. The molecular weight excluding hydrogens is 266 g/mol. The molecule has 0 saturated heterocycles. The van der Waals surface area contributed by atoms with Gasteiger partial charge in [-0.1, -0.05) is 36.4 Å². The van der Waals surface area contributed by atoms with Crippen LogP contribution >= 0.6 is 11.8 Å². The lowest BCUT2D eigenvalue weighted by molar-refractivity contribution is 0.437. The molecule has 0 aliphatic carbocycles.